The molecule has 35 heavy (non-hydrogen) atoms. The summed E-state index contributed by atoms with van der Waals surface area (Å²) in [5.41, 5.74) is -1.74. The Kier molecular flexibility index (Phi) is 7.26. The Labute approximate surface area is 204 Å². The van der Waals surface area contributed by atoms with E-state index >= 15 is 0 Å². The van der Waals surface area contributed by atoms with Crippen molar-refractivity contribution >= 4 is 29.6 Å². The van der Waals surface area contributed by atoms with Gasteiger partial charge in [0.05, 0.1) is 5.56 Å². The summed E-state index contributed by atoms with van der Waals surface area (Å²) in [6.45, 7) is 8.46. The predicted octanol–water partition coefficient (Wildman–Crippen LogP) is 6.28. The zero-order valence-corrected chi connectivity index (χ0v) is 20.0. The molecule has 2 aromatic carbocycles. The highest BCUT2D eigenvalue weighted by atomic mass is 32.1. The third-order valence-corrected chi connectivity index (χ3v) is 4.99. The first kappa shape index (κ1) is 26.2. The van der Waals surface area contributed by atoms with Gasteiger partial charge in [0.2, 0.25) is 0 Å². The smallest absolute Gasteiger partial charge is 0.477 e. The van der Waals surface area contributed by atoms with Gasteiger partial charge in [-0.15, -0.1) is 25.8 Å². The predicted molar refractivity (Wildman–Crippen MR) is 128 cm³/mol. The van der Waals surface area contributed by atoms with Crippen molar-refractivity contribution in [2.75, 3.05) is 0 Å². The lowest BCUT2D eigenvalue weighted by Gasteiger charge is -2.34. The summed E-state index contributed by atoms with van der Waals surface area (Å²) in [5.74, 6) is -0.778. The van der Waals surface area contributed by atoms with E-state index in [4.69, 9.17) is 13.9 Å². The number of halogens is 3. The number of rotatable bonds is 8. The van der Waals surface area contributed by atoms with E-state index in [9.17, 15) is 22.8 Å². The molecule has 1 aromatic heterocycles. The first-order chi connectivity index (χ1) is 16.2. The lowest BCUT2D eigenvalue weighted by Crippen LogP contribution is -2.38. The number of thiol groups is 1. The quantitative estimate of drug-likeness (QED) is 0.127. The van der Waals surface area contributed by atoms with E-state index in [0.717, 1.165) is 12.1 Å². The highest BCUT2D eigenvalue weighted by molar-refractivity contribution is 7.81. The monoisotopic (exact) mass is 508 g/mol. The molecule has 0 saturated heterocycles. The van der Waals surface area contributed by atoms with Gasteiger partial charge >= 0.3 is 18.0 Å². The Balaban J connectivity index is 1.90. The van der Waals surface area contributed by atoms with Crippen molar-refractivity contribution in [3.8, 4) is 22.6 Å². The molecule has 0 aliphatic carbocycles. The van der Waals surface area contributed by atoms with Crippen LogP contribution in [0.25, 0.3) is 22.1 Å². The summed E-state index contributed by atoms with van der Waals surface area (Å²) >= 11 is 4.53. The number of alkyl halides is 3. The van der Waals surface area contributed by atoms with E-state index in [1.807, 2.05) is 0 Å². The Morgan fingerprint density at radius 3 is 2.40 bits per heavy atom. The minimum absolute atomic E-state index is 0.0555. The highest BCUT2D eigenvalue weighted by Gasteiger charge is 2.34. The average molecular weight is 509 g/mol. The van der Waals surface area contributed by atoms with Gasteiger partial charge in [-0.3, -0.25) is 0 Å². The molecule has 186 valence electrons. The van der Waals surface area contributed by atoms with E-state index in [1.165, 1.54) is 30.3 Å². The molecular formula is C25H23F3O6S. The van der Waals surface area contributed by atoms with Crippen LogP contribution in [0.5, 0.6) is 11.5 Å². The second-order valence-corrected chi connectivity index (χ2v) is 9.48. The Hall–Kier alpha value is -3.40. The number of carbonyl (C=O) groups excluding carboxylic acids is 1. The molecule has 1 unspecified atom stereocenters. The maximum absolute atomic E-state index is 12.8. The summed E-state index contributed by atoms with van der Waals surface area (Å²) in [6, 6.07) is 11.4. The molecule has 0 fully saturated rings. The van der Waals surface area contributed by atoms with Crippen LogP contribution in [0.15, 0.2) is 70.4 Å². The number of benzene rings is 2. The minimum atomic E-state index is -4.92. The molecule has 1 heterocycles. The van der Waals surface area contributed by atoms with E-state index in [2.05, 4.69) is 23.9 Å². The highest BCUT2D eigenvalue weighted by Crippen LogP contribution is 2.35. The number of hydrogen-bond acceptors (Lipinski definition) is 7. The van der Waals surface area contributed by atoms with Crippen LogP contribution in [-0.4, -0.2) is 22.9 Å². The van der Waals surface area contributed by atoms with Crippen LogP contribution in [0, 0.1) is 0 Å². The average Bonchev–Trinajstić information content (AvgIpc) is 2.71. The van der Waals surface area contributed by atoms with Crippen molar-refractivity contribution < 1.29 is 36.6 Å². The normalized spacial score (nSPS) is 13.7. The van der Waals surface area contributed by atoms with E-state index in [-0.39, 0.29) is 23.1 Å². The first-order valence-corrected chi connectivity index (χ1v) is 10.8. The van der Waals surface area contributed by atoms with E-state index in [0.29, 0.717) is 11.1 Å². The molecular weight excluding hydrogens is 485 g/mol. The number of fused-ring (bicyclic) bond motifs is 1. The molecule has 0 spiro atoms. The Bertz CT molecular complexity index is 1310. The molecule has 6 nitrogen and oxygen atoms in total. The molecule has 0 aliphatic rings. The summed E-state index contributed by atoms with van der Waals surface area (Å²) in [5, 5.41) is 0.454. The summed E-state index contributed by atoms with van der Waals surface area (Å²) in [6.07, 6.45) is -3.65. The molecule has 3 rings (SSSR count). The van der Waals surface area contributed by atoms with Gasteiger partial charge in [0, 0.05) is 29.5 Å². The largest absolute Gasteiger partial charge is 0.573 e. The molecule has 0 N–H and O–H groups in total. The van der Waals surface area contributed by atoms with Crippen molar-refractivity contribution in [2.24, 2.45) is 0 Å². The van der Waals surface area contributed by atoms with Crippen molar-refractivity contribution in [1.29, 1.82) is 0 Å². The molecule has 0 saturated carbocycles. The molecule has 3 aromatic rings. The van der Waals surface area contributed by atoms with Gasteiger partial charge < -0.3 is 18.6 Å². The molecule has 0 bridgehead atoms. The van der Waals surface area contributed by atoms with Crippen LogP contribution >= 0.6 is 12.6 Å². The zero-order chi connectivity index (χ0) is 26.0. The minimum Gasteiger partial charge on any atom is -0.477 e. The first-order valence-electron chi connectivity index (χ1n) is 10.4. The maximum Gasteiger partial charge on any atom is 0.573 e. The maximum atomic E-state index is 12.8. The molecule has 0 radical (unpaired) electrons. The fourth-order valence-corrected chi connectivity index (χ4v) is 4.16. The van der Waals surface area contributed by atoms with Crippen molar-refractivity contribution in [2.45, 2.75) is 44.1 Å². The van der Waals surface area contributed by atoms with Crippen LogP contribution in [0.2, 0.25) is 0 Å². The van der Waals surface area contributed by atoms with Crippen molar-refractivity contribution in [3.05, 3.63) is 71.6 Å². The lowest BCUT2D eigenvalue weighted by atomic mass is 10.0. The second kappa shape index (κ2) is 9.69. The number of carbonyl (C=O) groups is 1. The molecule has 1 atom stereocenters. The van der Waals surface area contributed by atoms with Gasteiger partial charge in [0.1, 0.15) is 22.7 Å². The van der Waals surface area contributed by atoms with Gasteiger partial charge in [-0.05, 0) is 45.0 Å². The molecule has 0 aliphatic heterocycles. The van der Waals surface area contributed by atoms with Gasteiger partial charge in [0.15, 0.2) is 4.93 Å². The standard InChI is InChI=1S/C25H23F3O6S/c1-5-21(29)34-23(2,3)14-24(4,35)32-16-11-10-15-12-18(22(30)31-20(15)13-16)17-8-6-7-9-19(17)33-25(26,27)28/h5-13,35H,1,14H2,2-4H3. The van der Waals surface area contributed by atoms with Gasteiger partial charge in [-0.1, -0.05) is 24.8 Å². The van der Waals surface area contributed by atoms with Crippen molar-refractivity contribution in [3.63, 3.8) is 0 Å². The van der Waals surface area contributed by atoms with Crippen LogP contribution in [0.1, 0.15) is 27.2 Å². The zero-order valence-electron chi connectivity index (χ0n) is 19.1. The third-order valence-electron chi connectivity index (χ3n) is 4.75. The third kappa shape index (κ3) is 7.05. The van der Waals surface area contributed by atoms with E-state index in [1.54, 1.807) is 32.9 Å². The number of para-hydroxylation sites is 1. The number of esters is 1. The van der Waals surface area contributed by atoms with Crippen LogP contribution in [-0.2, 0) is 9.53 Å². The van der Waals surface area contributed by atoms with E-state index < -0.39 is 34.2 Å². The van der Waals surface area contributed by atoms with Gasteiger partial charge in [0.25, 0.3) is 0 Å². The van der Waals surface area contributed by atoms with Crippen LogP contribution < -0.4 is 15.1 Å². The lowest BCUT2D eigenvalue weighted by molar-refractivity contribution is -0.274. The summed E-state index contributed by atoms with van der Waals surface area (Å²) in [7, 11) is 0. The Morgan fingerprint density at radius 1 is 1.06 bits per heavy atom. The summed E-state index contributed by atoms with van der Waals surface area (Å²) in [4.78, 5) is 23.1. The number of ether oxygens (including phenoxy) is 3. The fourth-order valence-electron chi connectivity index (χ4n) is 3.68. The second-order valence-electron chi connectivity index (χ2n) is 8.53. The number of hydrogen-bond donors (Lipinski definition) is 1. The SMILES string of the molecule is C=CC(=O)OC(C)(C)CC(C)(S)Oc1ccc2cc(-c3ccccc3OC(F)(F)F)c(=O)oc2c1. The van der Waals surface area contributed by atoms with Gasteiger partial charge in [-0.25, -0.2) is 9.59 Å². The molecule has 10 heteroatoms. The Morgan fingerprint density at radius 2 is 1.74 bits per heavy atom. The van der Waals surface area contributed by atoms with Crippen LogP contribution in [0.4, 0.5) is 13.2 Å². The topological polar surface area (TPSA) is 75.0 Å². The summed E-state index contributed by atoms with van der Waals surface area (Å²) < 4.78 is 59.0. The van der Waals surface area contributed by atoms with Crippen LogP contribution in [0.3, 0.4) is 0 Å². The van der Waals surface area contributed by atoms with Crippen molar-refractivity contribution in [1.82, 2.24) is 0 Å². The van der Waals surface area contributed by atoms with Gasteiger partial charge in [-0.2, -0.15) is 0 Å². The molecule has 0 amide bonds. The fraction of sp³-hybridized carbons (Fsp3) is 0.280.